The summed E-state index contributed by atoms with van der Waals surface area (Å²) in [7, 11) is 0. The molecule has 124 valence electrons. The van der Waals surface area contributed by atoms with Crippen molar-refractivity contribution in [2.45, 2.75) is 19.8 Å². The highest BCUT2D eigenvalue weighted by atomic mass is 16.5. The third-order valence-corrected chi connectivity index (χ3v) is 4.81. The van der Waals surface area contributed by atoms with Crippen molar-refractivity contribution >= 4 is 11.1 Å². The first kappa shape index (κ1) is 15.7. The molecular formula is C24H22O. The maximum Gasteiger partial charge on any atom is 0.126 e. The Kier molecular flexibility index (Phi) is 4.39. The largest absolute Gasteiger partial charge is 0.493 e. The molecule has 0 radical (unpaired) electrons. The maximum absolute atomic E-state index is 6.05. The second-order valence-electron chi connectivity index (χ2n) is 6.58. The zero-order chi connectivity index (χ0) is 17.1. The summed E-state index contributed by atoms with van der Waals surface area (Å²) in [6.07, 6.45) is 1.85. The van der Waals surface area contributed by atoms with Crippen LogP contribution < -0.4 is 4.74 Å². The van der Waals surface area contributed by atoms with E-state index in [0.717, 1.165) is 25.2 Å². The van der Waals surface area contributed by atoms with Gasteiger partial charge < -0.3 is 4.74 Å². The van der Waals surface area contributed by atoms with Crippen LogP contribution in [0.3, 0.4) is 0 Å². The Labute approximate surface area is 149 Å². The summed E-state index contributed by atoms with van der Waals surface area (Å²) in [6, 6.07) is 28.0. The SMILES string of the molecule is Cc1ccc(C2=C(Cc3ccccc3)c3ccccc3OCC2)cc1. The summed E-state index contributed by atoms with van der Waals surface area (Å²) in [6.45, 7) is 2.85. The highest BCUT2D eigenvalue weighted by Crippen LogP contribution is 2.38. The van der Waals surface area contributed by atoms with E-state index in [9.17, 15) is 0 Å². The molecule has 1 heteroatoms. The zero-order valence-electron chi connectivity index (χ0n) is 14.5. The summed E-state index contributed by atoms with van der Waals surface area (Å²) < 4.78 is 6.05. The van der Waals surface area contributed by atoms with Gasteiger partial charge in [-0.25, -0.2) is 0 Å². The number of ether oxygens (including phenoxy) is 1. The number of allylic oxidation sites excluding steroid dienone is 1. The minimum Gasteiger partial charge on any atom is -0.493 e. The molecule has 0 aromatic heterocycles. The van der Waals surface area contributed by atoms with Crippen LogP contribution in [0.4, 0.5) is 0 Å². The summed E-state index contributed by atoms with van der Waals surface area (Å²) in [5, 5.41) is 0. The van der Waals surface area contributed by atoms with E-state index >= 15 is 0 Å². The predicted molar refractivity (Wildman–Crippen MR) is 105 cm³/mol. The lowest BCUT2D eigenvalue weighted by atomic mass is 9.88. The highest BCUT2D eigenvalue weighted by molar-refractivity contribution is 5.93. The van der Waals surface area contributed by atoms with E-state index in [2.05, 4.69) is 85.8 Å². The molecule has 4 rings (SSSR count). The molecule has 0 unspecified atom stereocenters. The summed E-state index contributed by atoms with van der Waals surface area (Å²) >= 11 is 0. The first-order valence-corrected chi connectivity index (χ1v) is 8.86. The minimum absolute atomic E-state index is 0.721. The minimum atomic E-state index is 0.721. The van der Waals surface area contributed by atoms with Gasteiger partial charge in [0.2, 0.25) is 0 Å². The molecule has 0 N–H and O–H groups in total. The second kappa shape index (κ2) is 6.98. The van der Waals surface area contributed by atoms with E-state index in [4.69, 9.17) is 4.74 Å². The number of fused-ring (bicyclic) bond motifs is 1. The van der Waals surface area contributed by atoms with Crippen molar-refractivity contribution in [1.82, 2.24) is 0 Å². The third-order valence-electron chi connectivity index (χ3n) is 4.81. The van der Waals surface area contributed by atoms with Crippen LogP contribution in [0.1, 0.15) is 28.7 Å². The molecule has 3 aromatic carbocycles. The van der Waals surface area contributed by atoms with Gasteiger partial charge in [0, 0.05) is 12.0 Å². The number of para-hydroxylation sites is 1. The Morgan fingerprint density at radius 3 is 2.32 bits per heavy atom. The van der Waals surface area contributed by atoms with Gasteiger partial charge in [-0.3, -0.25) is 0 Å². The van der Waals surface area contributed by atoms with E-state index in [1.807, 2.05) is 0 Å². The molecule has 0 fully saturated rings. The lowest BCUT2D eigenvalue weighted by Gasteiger charge is -2.15. The molecule has 25 heavy (non-hydrogen) atoms. The van der Waals surface area contributed by atoms with Gasteiger partial charge in [0.15, 0.2) is 0 Å². The Morgan fingerprint density at radius 2 is 1.52 bits per heavy atom. The smallest absolute Gasteiger partial charge is 0.126 e. The van der Waals surface area contributed by atoms with Crippen molar-refractivity contribution in [3.05, 3.63) is 101 Å². The molecule has 0 spiro atoms. The standard InChI is InChI=1S/C24H22O/c1-18-11-13-20(14-12-18)21-15-16-25-24-10-6-5-9-22(24)23(21)17-19-7-3-2-4-8-19/h2-14H,15-17H2,1H3. The lowest BCUT2D eigenvalue weighted by Crippen LogP contribution is -1.97. The van der Waals surface area contributed by atoms with Crippen molar-refractivity contribution in [2.24, 2.45) is 0 Å². The molecule has 1 nitrogen and oxygen atoms in total. The van der Waals surface area contributed by atoms with Crippen LogP contribution in [0, 0.1) is 6.92 Å². The van der Waals surface area contributed by atoms with E-state index in [-0.39, 0.29) is 0 Å². The third kappa shape index (κ3) is 3.36. The Morgan fingerprint density at radius 1 is 0.800 bits per heavy atom. The summed E-state index contributed by atoms with van der Waals surface area (Å²) in [5.41, 5.74) is 7.92. The molecule has 1 aliphatic heterocycles. The molecule has 0 atom stereocenters. The molecule has 0 amide bonds. The van der Waals surface area contributed by atoms with E-state index in [1.165, 1.54) is 33.4 Å². The van der Waals surface area contributed by atoms with E-state index < -0.39 is 0 Å². The number of hydrogen-bond donors (Lipinski definition) is 0. The average Bonchev–Trinajstić information content (AvgIpc) is 2.83. The van der Waals surface area contributed by atoms with Gasteiger partial charge in [0.1, 0.15) is 5.75 Å². The van der Waals surface area contributed by atoms with Crippen LogP contribution in [-0.4, -0.2) is 6.61 Å². The number of rotatable bonds is 3. The molecule has 0 aliphatic carbocycles. The fraction of sp³-hybridized carbons (Fsp3) is 0.167. The van der Waals surface area contributed by atoms with Crippen LogP contribution in [-0.2, 0) is 6.42 Å². The van der Waals surface area contributed by atoms with Gasteiger partial charge in [-0.1, -0.05) is 78.4 Å². The van der Waals surface area contributed by atoms with Gasteiger partial charge in [-0.2, -0.15) is 0 Å². The fourth-order valence-electron chi connectivity index (χ4n) is 3.49. The Bertz CT molecular complexity index is 889. The highest BCUT2D eigenvalue weighted by Gasteiger charge is 2.19. The Balaban J connectivity index is 1.88. The summed E-state index contributed by atoms with van der Waals surface area (Å²) in [5.74, 6) is 0.996. The van der Waals surface area contributed by atoms with Crippen LogP contribution >= 0.6 is 0 Å². The van der Waals surface area contributed by atoms with Crippen molar-refractivity contribution < 1.29 is 4.74 Å². The number of aryl methyl sites for hydroxylation is 1. The molecule has 1 heterocycles. The average molecular weight is 326 g/mol. The van der Waals surface area contributed by atoms with Crippen LogP contribution in [0.5, 0.6) is 5.75 Å². The lowest BCUT2D eigenvalue weighted by molar-refractivity contribution is 0.328. The van der Waals surface area contributed by atoms with Crippen molar-refractivity contribution in [1.29, 1.82) is 0 Å². The molecule has 1 aliphatic rings. The van der Waals surface area contributed by atoms with Crippen LogP contribution in [0.25, 0.3) is 11.1 Å². The van der Waals surface area contributed by atoms with Crippen LogP contribution in [0.2, 0.25) is 0 Å². The van der Waals surface area contributed by atoms with Gasteiger partial charge in [0.25, 0.3) is 0 Å². The second-order valence-corrected chi connectivity index (χ2v) is 6.58. The number of benzene rings is 3. The summed E-state index contributed by atoms with van der Waals surface area (Å²) in [4.78, 5) is 0. The van der Waals surface area contributed by atoms with Crippen LogP contribution in [0.15, 0.2) is 78.9 Å². The number of hydrogen-bond acceptors (Lipinski definition) is 1. The first-order valence-electron chi connectivity index (χ1n) is 8.86. The van der Waals surface area contributed by atoms with Gasteiger partial charge in [-0.15, -0.1) is 0 Å². The topological polar surface area (TPSA) is 9.23 Å². The zero-order valence-corrected chi connectivity index (χ0v) is 14.5. The fourth-order valence-corrected chi connectivity index (χ4v) is 3.49. The molecule has 3 aromatic rings. The van der Waals surface area contributed by atoms with E-state index in [1.54, 1.807) is 0 Å². The Hall–Kier alpha value is -2.80. The predicted octanol–water partition coefficient (Wildman–Crippen LogP) is 5.93. The monoisotopic (exact) mass is 326 g/mol. The van der Waals surface area contributed by atoms with E-state index in [0.29, 0.717) is 0 Å². The molecule has 0 bridgehead atoms. The van der Waals surface area contributed by atoms with Gasteiger partial charge >= 0.3 is 0 Å². The molecule has 0 saturated heterocycles. The molecular weight excluding hydrogens is 304 g/mol. The van der Waals surface area contributed by atoms with Crippen molar-refractivity contribution in [3.63, 3.8) is 0 Å². The van der Waals surface area contributed by atoms with Crippen molar-refractivity contribution in [3.8, 4) is 5.75 Å². The van der Waals surface area contributed by atoms with Gasteiger partial charge in [-0.05, 0) is 41.7 Å². The normalized spacial score (nSPS) is 13.8. The quantitative estimate of drug-likeness (QED) is 0.579. The van der Waals surface area contributed by atoms with Gasteiger partial charge in [0.05, 0.1) is 6.61 Å². The maximum atomic E-state index is 6.05. The first-order chi connectivity index (χ1) is 12.3. The molecule has 0 saturated carbocycles. The van der Waals surface area contributed by atoms with Crippen molar-refractivity contribution in [2.75, 3.05) is 6.61 Å².